The zero-order valence-corrected chi connectivity index (χ0v) is 8.06. The number of hydrogen-bond acceptors (Lipinski definition) is 2. The van der Waals surface area contributed by atoms with Gasteiger partial charge in [-0.25, -0.2) is 0 Å². The number of aliphatic hydroxyl groups is 1. The van der Waals surface area contributed by atoms with Crippen LogP contribution in [0.3, 0.4) is 0 Å². The Kier molecular flexibility index (Phi) is 1.42. The molecular weight excluding hydrogens is 156 g/mol. The highest BCUT2D eigenvalue weighted by atomic mass is 32.1. The van der Waals surface area contributed by atoms with Gasteiger partial charge in [0.1, 0.15) is 4.93 Å². The molecule has 0 aromatic heterocycles. The molecule has 3 aliphatic rings. The number of rotatable bonds is 0. The Hall–Kier alpha value is 0.310. The minimum absolute atomic E-state index is 0.342. The van der Waals surface area contributed by atoms with E-state index in [1.165, 1.54) is 6.42 Å². The third kappa shape index (κ3) is 0.888. The lowest BCUT2D eigenvalue weighted by atomic mass is 9.47. The average Bonchev–Trinajstić information content (AvgIpc) is 1.84. The molecule has 2 bridgehead atoms. The first-order valence-corrected chi connectivity index (χ1v) is 4.84. The summed E-state index contributed by atoms with van der Waals surface area (Å²) in [6.45, 7) is 4.51. The third-order valence-corrected chi connectivity index (χ3v) is 4.42. The molecular formula is C9H16OS. The maximum atomic E-state index is 9.88. The Morgan fingerprint density at radius 1 is 1.45 bits per heavy atom. The van der Waals surface area contributed by atoms with E-state index in [9.17, 15) is 5.11 Å². The summed E-state index contributed by atoms with van der Waals surface area (Å²) in [5, 5.41) is 9.88. The first-order chi connectivity index (χ1) is 4.94. The minimum Gasteiger partial charge on any atom is -0.379 e. The van der Waals surface area contributed by atoms with Crippen LogP contribution in [-0.4, -0.2) is 10.0 Å². The molecule has 3 atom stereocenters. The van der Waals surface area contributed by atoms with Crippen LogP contribution in [0, 0.1) is 17.3 Å². The predicted molar refractivity (Wildman–Crippen MR) is 48.5 cm³/mol. The van der Waals surface area contributed by atoms with E-state index in [-0.39, 0.29) is 0 Å². The summed E-state index contributed by atoms with van der Waals surface area (Å²) in [7, 11) is 0. The van der Waals surface area contributed by atoms with E-state index < -0.39 is 4.93 Å². The molecule has 11 heavy (non-hydrogen) atoms. The summed E-state index contributed by atoms with van der Waals surface area (Å²) >= 11 is 4.32. The van der Waals surface area contributed by atoms with Crippen LogP contribution in [0.15, 0.2) is 0 Å². The molecule has 3 fully saturated rings. The third-order valence-electron chi connectivity index (χ3n) is 3.89. The van der Waals surface area contributed by atoms with Crippen LogP contribution in [-0.2, 0) is 0 Å². The Morgan fingerprint density at radius 2 is 2.09 bits per heavy atom. The van der Waals surface area contributed by atoms with Crippen LogP contribution in [0.2, 0.25) is 0 Å². The van der Waals surface area contributed by atoms with E-state index in [4.69, 9.17) is 0 Å². The van der Waals surface area contributed by atoms with Gasteiger partial charge in [0, 0.05) is 5.92 Å². The molecule has 2 heteroatoms. The second-order valence-electron chi connectivity index (χ2n) is 4.72. The van der Waals surface area contributed by atoms with Crippen LogP contribution in [0.4, 0.5) is 0 Å². The average molecular weight is 172 g/mol. The van der Waals surface area contributed by atoms with E-state index in [0.29, 0.717) is 11.3 Å². The van der Waals surface area contributed by atoms with Crippen molar-refractivity contribution < 1.29 is 5.11 Å². The van der Waals surface area contributed by atoms with Crippen molar-refractivity contribution in [3.8, 4) is 0 Å². The van der Waals surface area contributed by atoms with Crippen molar-refractivity contribution in [1.29, 1.82) is 0 Å². The van der Waals surface area contributed by atoms with E-state index in [2.05, 4.69) is 26.5 Å². The van der Waals surface area contributed by atoms with Gasteiger partial charge in [-0.2, -0.15) is 0 Å². The Labute approximate surface area is 73.6 Å². The molecule has 0 amide bonds. The van der Waals surface area contributed by atoms with Crippen molar-refractivity contribution in [3.05, 3.63) is 0 Å². The quantitative estimate of drug-likeness (QED) is 0.423. The molecule has 3 saturated carbocycles. The molecule has 0 spiro atoms. The molecule has 3 unspecified atom stereocenters. The van der Waals surface area contributed by atoms with Crippen molar-refractivity contribution in [1.82, 2.24) is 0 Å². The lowest BCUT2D eigenvalue weighted by Gasteiger charge is -2.62. The molecule has 0 aliphatic heterocycles. The van der Waals surface area contributed by atoms with Crippen LogP contribution >= 0.6 is 12.6 Å². The highest BCUT2D eigenvalue weighted by Crippen LogP contribution is 2.63. The highest BCUT2D eigenvalue weighted by molar-refractivity contribution is 7.81. The van der Waals surface area contributed by atoms with Crippen molar-refractivity contribution in [2.24, 2.45) is 17.3 Å². The van der Waals surface area contributed by atoms with Crippen molar-refractivity contribution in [3.63, 3.8) is 0 Å². The molecule has 64 valence electrons. The highest BCUT2D eigenvalue weighted by Gasteiger charge is 2.59. The summed E-state index contributed by atoms with van der Waals surface area (Å²) in [5.74, 6) is 1.28. The minimum atomic E-state index is -0.668. The normalized spacial score (nSPS) is 53.5. The van der Waals surface area contributed by atoms with Gasteiger partial charge in [-0.15, -0.1) is 12.6 Å². The molecule has 0 saturated heterocycles. The monoisotopic (exact) mass is 172 g/mol. The van der Waals surface area contributed by atoms with Crippen LogP contribution in [0.5, 0.6) is 0 Å². The zero-order chi connectivity index (χ0) is 8.28. The Balaban J connectivity index is 2.23. The maximum Gasteiger partial charge on any atom is 0.111 e. The van der Waals surface area contributed by atoms with Crippen molar-refractivity contribution in [2.45, 2.75) is 38.0 Å². The van der Waals surface area contributed by atoms with Gasteiger partial charge in [-0.1, -0.05) is 13.8 Å². The summed E-state index contributed by atoms with van der Waals surface area (Å²) in [5.41, 5.74) is 0.342. The Bertz CT molecular complexity index is 176. The van der Waals surface area contributed by atoms with Crippen molar-refractivity contribution >= 4 is 12.6 Å². The SMILES string of the molecule is CC1(C)C2CCC(O)(S)C1C2. The predicted octanol–water partition coefficient (Wildman–Crippen LogP) is 2.06. The van der Waals surface area contributed by atoms with Gasteiger partial charge in [-0.05, 0) is 30.6 Å². The van der Waals surface area contributed by atoms with Crippen LogP contribution in [0.1, 0.15) is 33.1 Å². The molecule has 0 radical (unpaired) electrons. The molecule has 1 N–H and O–H groups in total. The molecule has 0 aromatic rings. The smallest absolute Gasteiger partial charge is 0.111 e. The van der Waals surface area contributed by atoms with Crippen molar-refractivity contribution in [2.75, 3.05) is 0 Å². The summed E-state index contributed by atoms with van der Waals surface area (Å²) in [6.07, 6.45) is 3.23. The topological polar surface area (TPSA) is 20.2 Å². The lowest BCUT2D eigenvalue weighted by Crippen LogP contribution is -2.59. The fourth-order valence-corrected chi connectivity index (χ4v) is 3.42. The summed E-state index contributed by atoms with van der Waals surface area (Å²) in [4.78, 5) is -0.668. The standard InChI is InChI=1S/C9H16OS/c1-8(2)6-3-4-9(10,11)7(8)5-6/h6-7,10-11H,3-5H2,1-2H3. The zero-order valence-electron chi connectivity index (χ0n) is 7.17. The maximum absolute atomic E-state index is 9.88. The summed E-state index contributed by atoms with van der Waals surface area (Å²) in [6, 6.07) is 0. The van der Waals surface area contributed by atoms with Gasteiger partial charge in [0.15, 0.2) is 0 Å². The molecule has 1 nitrogen and oxygen atoms in total. The number of thiol groups is 1. The van der Waals surface area contributed by atoms with Crippen LogP contribution < -0.4 is 0 Å². The van der Waals surface area contributed by atoms with E-state index in [1.54, 1.807) is 0 Å². The van der Waals surface area contributed by atoms with Gasteiger partial charge in [0.2, 0.25) is 0 Å². The molecule has 0 aromatic carbocycles. The van der Waals surface area contributed by atoms with Gasteiger partial charge in [0.25, 0.3) is 0 Å². The van der Waals surface area contributed by atoms with Gasteiger partial charge >= 0.3 is 0 Å². The largest absolute Gasteiger partial charge is 0.379 e. The number of fused-ring (bicyclic) bond motifs is 2. The van der Waals surface area contributed by atoms with E-state index in [0.717, 1.165) is 18.8 Å². The molecule has 3 rings (SSSR count). The Morgan fingerprint density at radius 3 is 2.36 bits per heavy atom. The number of hydrogen-bond donors (Lipinski definition) is 2. The van der Waals surface area contributed by atoms with E-state index in [1.807, 2.05) is 0 Å². The second kappa shape index (κ2) is 1.97. The van der Waals surface area contributed by atoms with Gasteiger partial charge < -0.3 is 5.11 Å². The first kappa shape index (κ1) is 7.93. The molecule has 0 heterocycles. The first-order valence-electron chi connectivity index (χ1n) is 4.39. The molecule has 3 aliphatic carbocycles. The van der Waals surface area contributed by atoms with Gasteiger partial charge in [-0.3, -0.25) is 0 Å². The summed E-state index contributed by atoms with van der Waals surface area (Å²) < 4.78 is 0. The van der Waals surface area contributed by atoms with Gasteiger partial charge in [0.05, 0.1) is 0 Å². The second-order valence-corrected chi connectivity index (χ2v) is 5.50. The van der Waals surface area contributed by atoms with E-state index >= 15 is 0 Å². The van der Waals surface area contributed by atoms with Crippen LogP contribution in [0.25, 0.3) is 0 Å². The fourth-order valence-electron chi connectivity index (χ4n) is 2.85. The fraction of sp³-hybridized carbons (Fsp3) is 1.00. The lowest BCUT2D eigenvalue weighted by molar-refractivity contribution is -0.156.